The van der Waals surface area contributed by atoms with Gasteiger partial charge in [0.15, 0.2) is 0 Å². The maximum atomic E-state index is 14.0. The van der Waals surface area contributed by atoms with E-state index in [-0.39, 0.29) is 23.4 Å². The monoisotopic (exact) mass is 563 g/mol. The quantitative estimate of drug-likeness (QED) is 0.329. The van der Waals surface area contributed by atoms with Crippen molar-refractivity contribution < 1.29 is 18.0 Å². The lowest BCUT2D eigenvalue weighted by molar-refractivity contribution is -0.139. The second-order valence-electron chi connectivity index (χ2n) is 10.4. The van der Waals surface area contributed by atoms with Gasteiger partial charge in [-0.1, -0.05) is 67.1 Å². The number of sulfonamides is 1. The number of amides is 2. The normalized spacial score (nSPS) is 12.8. The third-order valence-corrected chi connectivity index (χ3v) is 9.16. The molecule has 2 atom stereocenters. The van der Waals surface area contributed by atoms with E-state index in [4.69, 9.17) is 0 Å². The van der Waals surface area contributed by atoms with Crippen molar-refractivity contribution in [2.75, 3.05) is 17.4 Å². The molecule has 0 saturated carbocycles. The van der Waals surface area contributed by atoms with Crippen molar-refractivity contribution in [1.29, 1.82) is 0 Å². The minimum Gasteiger partial charge on any atom is -0.352 e. The highest BCUT2D eigenvalue weighted by atomic mass is 32.2. The Morgan fingerprint density at radius 3 is 2.15 bits per heavy atom. The predicted molar refractivity (Wildman–Crippen MR) is 161 cm³/mol. The van der Waals surface area contributed by atoms with Gasteiger partial charge in [0.1, 0.15) is 12.6 Å². The molecule has 2 amide bonds. The van der Waals surface area contributed by atoms with Gasteiger partial charge in [-0.3, -0.25) is 13.9 Å². The van der Waals surface area contributed by atoms with E-state index in [0.29, 0.717) is 12.1 Å². The van der Waals surface area contributed by atoms with Crippen LogP contribution in [0.3, 0.4) is 0 Å². The average molecular weight is 564 g/mol. The van der Waals surface area contributed by atoms with E-state index in [9.17, 15) is 18.0 Å². The Hall–Kier alpha value is -3.65. The number of rotatable bonds is 12. The van der Waals surface area contributed by atoms with Crippen molar-refractivity contribution in [3.8, 4) is 0 Å². The second-order valence-corrected chi connectivity index (χ2v) is 12.2. The first-order valence-corrected chi connectivity index (χ1v) is 15.2. The van der Waals surface area contributed by atoms with Crippen LogP contribution in [-0.4, -0.2) is 50.3 Å². The number of aryl methyl sites for hydroxylation is 2. The van der Waals surface area contributed by atoms with Crippen LogP contribution in [0.2, 0.25) is 0 Å². The summed E-state index contributed by atoms with van der Waals surface area (Å²) in [5.74, 6) is -0.713. The molecule has 3 aromatic carbocycles. The highest BCUT2D eigenvalue weighted by molar-refractivity contribution is 7.92. The first kappa shape index (κ1) is 30.9. The van der Waals surface area contributed by atoms with E-state index >= 15 is 0 Å². The lowest BCUT2D eigenvalue weighted by Crippen LogP contribution is -2.53. The van der Waals surface area contributed by atoms with Crippen molar-refractivity contribution in [1.82, 2.24) is 10.2 Å². The molecule has 0 aliphatic rings. The Morgan fingerprint density at radius 2 is 1.52 bits per heavy atom. The lowest BCUT2D eigenvalue weighted by Gasteiger charge is -2.33. The maximum Gasteiger partial charge on any atom is 0.264 e. The molecular weight excluding hydrogens is 522 g/mol. The van der Waals surface area contributed by atoms with E-state index in [0.717, 1.165) is 28.7 Å². The number of hydrogen-bond acceptors (Lipinski definition) is 4. The first-order chi connectivity index (χ1) is 18.9. The number of nitrogens with one attached hydrogen (secondary N) is 1. The SMILES string of the molecule is CCC(C)NC(=O)C(C)N(CCc1ccccc1)C(=O)CN(c1cccc(C)c1C)S(=O)(=O)c1ccc(C)cc1. The lowest BCUT2D eigenvalue weighted by atomic mass is 10.1. The van der Waals surface area contributed by atoms with E-state index in [1.165, 1.54) is 9.21 Å². The average Bonchev–Trinajstić information content (AvgIpc) is 2.94. The molecule has 7 nitrogen and oxygen atoms in total. The van der Waals surface area contributed by atoms with Crippen LogP contribution in [0.1, 0.15) is 49.4 Å². The zero-order valence-electron chi connectivity index (χ0n) is 24.3. The molecule has 1 N–H and O–H groups in total. The predicted octanol–water partition coefficient (Wildman–Crippen LogP) is 5.18. The molecule has 0 radical (unpaired) electrons. The van der Waals surface area contributed by atoms with Crippen LogP contribution in [0.5, 0.6) is 0 Å². The molecule has 40 heavy (non-hydrogen) atoms. The Balaban J connectivity index is 2.01. The summed E-state index contributed by atoms with van der Waals surface area (Å²) in [6.07, 6.45) is 1.29. The molecule has 2 unspecified atom stereocenters. The highest BCUT2D eigenvalue weighted by Crippen LogP contribution is 2.29. The number of benzene rings is 3. The number of anilines is 1. The van der Waals surface area contributed by atoms with Crippen LogP contribution in [0, 0.1) is 20.8 Å². The maximum absolute atomic E-state index is 14.0. The smallest absolute Gasteiger partial charge is 0.264 e. The Labute approximate surface area is 239 Å². The van der Waals surface area contributed by atoms with Gasteiger partial charge in [0.25, 0.3) is 10.0 Å². The largest absolute Gasteiger partial charge is 0.352 e. The van der Waals surface area contributed by atoms with E-state index in [1.807, 2.05) is 71.0 Å². The summed E-state index contributed by atoms with van der Waals surface area (Å²) in [5.41, 5.74) is 4.07. The summed E-state index contributed by atoms with van der Waals surface area (Å²) in [6, 6.07) is 20.9. The standard InChI is InChI=1S/C32H41N3O4S/c1-7-25(4)33-32(37)27(6)34(21-20-28-13-9-8-10-14-28)31(36)22-35(30-15-11-12-24(3)26(30)5)40(38,39)29-18-16-23(2)17-19-29/h8-19,25,27H,7,20-22H2,1-6H3,(H,33,37). The summed E-state index contributed by atoms with van der Waals surface area (Å²) >= 11 is 0. The molecule has 0 aliphatic heterocycles. The Kier molecular flexibility index (Phi) is 10.5. The van der Waals surface area contributed by atoms with Gasteiger partial charge in [-0.25, -0.2) is 8.42 Å². The summed E-state index contributed by atoms with van der Waals surface area (Å²) in [6.45, 7) is 11.1. The minimum atomic E-state index is -4.09. The van der Waals surface area contributed by atoms with Crippen LogP contribution in [0.15, 0.2) is 77.7 Å². The molecule has 0 aliphatic carbocycles. The van der Waals surface area contributed by atoms with Crippen molar-refractivity contribution in [3.63, 3.8) is 0 Å². The van der Waals surface area contributed by atoms with Crippen molar-refractivity contribution in [2.24, 2.45) is 0 Å². The van der Waals surface area contributed by atoms with Gasteiger partial charge < -0.3 is 10.2 Å². The topological polar surface area (TPSA) is 86.8 Å². The number of hydrogen-bond donors (Lipinski definition) is 1. The molecule has 214 valence electrons. The third-order valence-electron chi connectivity index (χ3n) is 7.39. The van der Waals surface area contributed by atoms with Crippen molar-refractivity contribution in [2.45, 2.75) is 71.4 Å². The summed E-state index contributed by atoms with van der Waals surface area (Å²) in [4.78, 5) is 28.8. The molecule has 8 heteroatoms. The third kappa shape index (κ3) is 7.50. The minimum absolute atomic E-state index is 0.0469. The summed E-state index contributed by atoms with van der Waals surface area (Å²) < 4.78 is 29.2. The molecule has 0 bridgehead atoms. The van der Waals surface area contributed by atoms with Gasteiger partial charge in [0, 0.05) is 12.6 Å². The number of carbonyl (C=O) groups excluding carboxylic acids is 2. The van der Waals surface area contributed by atoms with Gasteiger partial charge in [0.2, 0.25) is 11.8 Å². The van der Waals surface area contributed by atoms with Crippen LogP contribution in [-0.2, 0) is 26.0 Å². The van der Waals surface area contributed by atoms with Gasteiger partial charge in [-0.15, -0.1) is 0 Å². The first-order valence-electron chi connectivity index (χ1n) is 13.7. The van der Waals surface area contributed by atoms with Gasteiger partial charge in [-0.2, -0.15) is 0 Å². The van der Waals surface area contributed by atoms with Crippen LogP contribution >= 0.6 is 0 Å². The molecule has 0 fully saturated rings. The fourth-order valence-corrected chi connectivity index (χ4v) is 5.86. The van der Waals surface area contributed by atoms with Crippen molar-refractivity contribution in [3.05, 3.63) is 95.1 Å². The fraction of sp³-hybridized carbons (Fsp3) is 0.375. The van der Waals surface area contributed by atoms with Crippen LogP contribution in [0.25, 0.3) is 0 Å². The number of nitrogens with zero attached hydrogens (tertiary/aromatic N) is 2. The second kappa shape index (κ2) is 13.6. The zero-order valence-corrected chi connectivity index (χ0v) is 25.2. The fourth-order valence-electron chi connectivity index (χ4n) is 4.39. The van der Waals surface area contributed by atoms with E-state index in [1.54, 1.807) is 43.3 Å². The Morgan fingerprint density at radius 1 is 0.875 bits per heavy atom. The zero-order chi connectivity index (χ0) is 29.4. The molecule has 3 rings (SSSR count). The molecule has 0 saturated heterocycles. The number of carbonyl (C=O) groups is 2. The summed E-state index contributed by atoms with van der Waals surface area (Å²) in [7, 11) is -4.09. The van der Waals surface area contributed by atoms with Crippen molar-refractivity contribution >= 4 is 27.5 Å². The van der Waals surface area contributed by atoms with Crippen LogP contribution < -0.4 is 9.62 Å². The Bertz CT molecular complexity index is 1410. The van der Waals surface area contributed by atoms with E-state index < -0.39 is 28.5 Å². The molecule has 0 spiro atoms. The van der Waals surface area contributed by atoms with Crippen LogP contribution in [0.4, 0.5) is 5.69 Å². The molecule has 0 aromatic heterocycles. The molecular formula is C32H41N3O4S. The summed E-state index contributed by atoms with van der Waals surface area (Å²) in [5, 5.41) is 2.96. The van der Waals surface area contributed by atoms with Gasteiger partial charge in [0.05, 0.1) is 10.6 Å². The van der Waals surface area contributed by atoms with Gasteiger partial charge >= 0.3 is 0 Å². The highest BCUT2D eigenvalue weighted by Gasteiger charge is 2.33. The molecule has 0 heterocycles. The van der Waals surface area contributed by atoms with E-state index in [2.05, 4.69) is 5.32 Å². The molecule has 3 aromatic rings. The van der Waals surface area contributed by atoms with Gasteiger partial charge in [-0.05, 0) is 82.3 Å².